The van der Waals surface area contributed by atoms with Crippen molar-refractivity contribution in [3.05, 3.63) is 23.0 Å². The third-order valence-corrected chi connectivity index (χ3v) is 5.68. The highest BCUT2D eigenvalue weighted by Gasteiger charge is 2.32. The molecule has 1 heterocycles. The molecular weight excluding hydrogens is 302 g/mol. The number of aryl methyl sites for hydroxylation is 1. The maximum atomic E-state index is 5.52. The van der Waals surface area contributed by atoms with E-state index in [0.717, 1.165) is 23.1 Å². The van der Waals surface area contributed by atoms with Crippen LogP contribution in [-0.4, -0.2) is 17.4 Å². The number of rotatable bonds is 4. The molecular formula is C16H24BrNO. The molecule has 0 radical (unpaired) electrons. The van der Waals surface area contributed by atoms with Crippen molar-refractivity contribution in [1.29, 1.82) is 0 Å². The first kappa shape index (κ1) is 14.8. The summed E-state index contributed by atoms with van der Waals surface area (Å²) in [5.41, 5.74) is 3.95. The molecule has 1 fully saturated rings. The van der Waals surface area contributed by atoms with Gasteiger partial charge in [0.25, 0.3) is 0 Å². The number of halogens is 1. The van der Waals surface area contributed by atoms with E-state index < -0.39 is 0 Å². The molecule has 106 valence electrons. The van der Waals surface area contributed by atoms with E-state index in [9.17, 15) is 0 Å². The lowest BCUT2D eigenvalue weighted by Crippen LogP contribution is -2.29. The largest absolute Gasteiger partial charge is 0.496 e. The van der Waals surface area contributed by atoms with Crippen molar-refractivity contribution in [2.24, 2.45) is 5.41 Å². The first-order valence-electron chi connectivity index (χ1n) is 7.17. The Morgan fingerprint density at radius 2 is 1.95 bits per heavy atom. The third kappa shape index (κ3) is 3.13. The normalized spacial score (nSPS) is 18.3. The van der Waals surface area contributed by atoms with Crippen LogP contribution in [-0.2, 0) is 6.42 Å². The van der Waals surface area contributed by atoms with Gasteiger partial charge in [0.05, 0.1) is 7.11 Å². The van der Waals surface area contributed by atoms with Crippen LogP contribution in [0.1, 0.15) is 48.9 Å². The van der Waals surface area contributed by atoms with Crippen LogP contribution in [0, 0.1) is 19.3 Å². The number of methoxy groups -OCH3 is 1. The Morgan fingerprint density at radius 3 is 2.53 bits per heavy atom. The molecule has 3 heteroatoms. The predicted molar refractivity (Wildman–Crippen MR) is 83.3 cm³/mol. The lowest BCUT2D eigenvalue weighted by molar-refractivity contribution is 0.221. The van der Waals surface area contributed by atoms with Gasteiger partial charge in [-0.1, -0.05) is 35.2 Å². The van der Waals surface area contributed by atoms with Crippen LogP contribution in [0.25, 0.3) is 0 Å². The summed E-state index contributed by atoms with van der Waals surface area (Å²) in [6.45, 7) is 4.20. The van der Waals surface area contributed by atoms with Gasteiger partial charge >= 0.3 is 0 Å². The van der Waals surface area contributed by atoms with Crippen molar-refractivity contribution in [1.82, 2.24) is 4.98 Å². The van der Waals surface area contributed by atoms with E-state index in [1.807, 2.05) is 6.20 Å². The van der Waals surface area contributed by atoms with E-state index in [1.165, 1.54) is 43.4 Å². The van der Waals surface area contributed by atoms with Gasteiger partial charge < -0.3 is 4.74 Å². The summed E-state index contributed by atoms with van der Waals surface area (Å²) in [5.74, 6) is 1.01. The molecule has 1 aliphatic carbocycles. The number of nitrogens with zero attached hydrogens (tertiary/aromatic N) is 1. The minimum Gasteiger partial charge on any atom is -0.496 e. The number of pyridine rings is 1. The smallest absolute Gasteiger partial charge is 0.128 e. The second kappa shape index (κ2) is 6.25. The number of aromatic nitrogens is 1. The van der Waals surface area contributed by atoms with Gasteiger partial charge in [0.1, 0.15) is 5.75 Å². The van der Waals surface area contributed by atoms with Gasteiger partial charge in [-0.05, 0) is 38.5 Å². The number of hydrogen-bond donors (Lipinski definition) is 0. The van der Waals surface area contributed by atoms with Crippen LogP contribution in [0.15, 0.2) is 6.20 Å². The summed E-state index contributed by atoms with van der Waals surface area (Å²) >= 11 is 3.74. The van der Waals surface area contributed by atoms with Crippen molar-refractivity contribution < 1.29 is 4.74 Å². The van der Waals surface area contributed by atoms with E-state index in [2.05, 4.69) is 34.8 Å². The molecule has 1 saturated carbocycles. The SMILES string of the molecule is COc1c(C)cnc(CC2(CBr)CCCCC2)c1C. The van der Waals surface area contributed by atoms with Crippen LogP contribution in [0.3, 0.4) is 0 Å². The highest BCUT2D eigenvalue weighted by molar-refractivity contribution is 9.09. The van der Waals surface area contributed by atoms with E-state index >= 15 is 0 Å². The van der Waals surface area contributed by atoms with Gasteiger partial charge in [0.15, 0.2) is 0 Å². The molecule has 1 aromatic rings. The van der Waals surface area contributed by atoms with Gasteiger partial charge in [0, 0.05) is 28.3 Å². The molecule has 0 spiro atoms. The monoisotopic (exact) mass is 325 g/mol. The second-order valence-corrected chi connectivity index (χ2v) is 6.48. The Hall–Kier alpha value is -0.570. The van der Waals surface area contributed by atoms with E-state index in [1.54, 1.807) is 7.11 Å². The zero-order chi connectivity index (χ0) is 13.9. The van der Waals surface area contributed by atoms with Gasteiger partial charge in [0.2, 0.25) is 0 Å². The molecule has 0 saturated heterocycles. The Balaban J connectivity index is 2.27. The fourth-order valence-electron chi connectivity index (χ4n) is 3.26. The Bertz CT molecular complexity index is 439. The summed E-state index contributed by atoms with van der Waals surface area (Å²) in [6.07, 6.45) is 9.75. The molecule has 2 rings (SSSR count). The molecule has 0 aliphatic heterocycles. The first-order valence-corrected chi connectivity index (χ1v) is 8.29. The summed E-state index contributed by atoms with van der Waals surface area (Å²) < 4.78 is 5.52. The Morgan fingerprint density at radius 1 is 1.26 bits per heavy atom. The van der Waals surface area contributed by atoms with Crippen LogP contribution in [0.2, 0.25) is 0 Å². The molecule has 0 aromatic carbocycles. The second-order valence-electron chi connectivity index (χ2n) is 5.92. The summed E-state index contributed by atoms with van der Waals surface area (Å²) in [7, 11) is 1.75. The fourth-order valence-corrected chi connectivity index (χ4v) is 4.02. The van der Waals surface area contributed by atoms with Crippen molar-refractivity contribution >= 4 is 15.9 Å². The van der Waals surface area contributed by atoms with Crippen molar-refractivity contribution in [3.63, 3.8) is 0 Å². The number of hydrogen-bond acceptors (Lipinski definition) is 2. The molecule has 0 N–H and O–H groups in total. The molecule has 19 heavy (non-hydrogen) atoms. The average Bonchev–Trinajstić information content (AvgIpc) is 2.44. The first-order chi connectivity index (χ1) is 9.12. The van der Waals surface area contributed by atoms with Gasteiger partial charge in [-0.2, -0.15) is 0 Å². The van der Waals surface area contributed by atoms with Gasteiger partial charge in [-0.3, -0.25) is 4.98 Å². The molecule has 0 bridgehead atoms. The summed E-state index contributed by atoms with van der Waals surface area (Å²) in [6, 6.07) is 0. The molecule has 0 unspecified atom stereocenters. The number of alkyl halides is 1. The third-order valence-electron chi connectivity index (χ3n) is 4.49. The zero-order valence-electron chi connectivity index (χ0n) is 12.3. The van der Waals surface area contributed by atoms with E-state index in [-0.39, 0.29) is 0 Å². The fraction of sp³-hybridized carbons (Fsp3) is 0.688. The van der Waals surface area contributed by atoms with Gasteiger partial charge in [-0.15, -0.1) is 0 Å². The molecule has 1 aliphatic rings. The highest BCUT2D eigenvalue weighted by atomic mass is 79.9. The van der Waals surface area contributed by atoms with Crippen molar-refractivity contribution in [2.45, 2.75) is 52.4 Å². The lowest BCUT2D eigenvalue weighted by atomic mass is 9.72. The van der Waals surface area contributed by atoms with Crippen LogP contribution in [0.5, 0.6) is 5.75 Å². The van der Waals surface area contributed by atoms with Crippen LogP contribution >= 0.6 is 15.9 Å². The molecule has 0 atom stereocenters. The molecule has 0 amide bonds. The topological polar surface area (TPSA) is 22.1 Å². The average molecular weight is 326 g/mol. The standard InChI is InChI=1S/C16H24BrNO/c1-12-10-18-14(13(2)15(12)19-3)9-16(11-17)7-5-4-6-8-16/h10H,4-9,11H2,1-3H3. The Kier molecular flexibility index (Phi) is 4.88. The highest BCUT2D eigenvalue weighted by Crippen LogP contribution is 2.41. The predicted octanol–water partition coefficient (Wildman–Crippen LogP) is 4.59. The quantitative estimate of drug-likeness (QED) is 0.755. The summed E-state index contributed by atoms with van der Waals surface area (Å²) in [4.78, 5) is 4.67. The molecule has 1 aromatic heterocycles. The summed E-state index contributed by atoms with van der Waals surface area (Å²) in [5, 5.41) is 1.08. The lowest BCUT2D eigenvalue weighted by Gasteiger charge is -2.36. The maximum Gasteiger partial charge on any atom is 0.128 e. The Labute approximate surface area is 125 Å². The van der Waals surface area contributed by atoms with E-state index in [4.69, 9.17) is 4.74 Å². The van der Waals surface area contributed by atoms with Gasteiger partial charge in [-0.25, -0.2) is 0 Å². The zero-order valence-corrected chi connectivity index (χ0v) is 13.8. The number of ether oxygens (including phenoxy) is 1. The van der Waals surface area contributed by atoms with E-state index in [0.29, 0.717) is 5.41 Å². The van der Waals surface area contributed by atoms with Crippen LogP contribution < -0.4 is 4.74 Å². The molecule has 2 nitrogen and oxygen atoms in total. The van der Waals surface area contributed by atoms with Crippen molar-refractivity contribution in [3.8, 4) is 5.75 Å². The minimum atomic E-state index is 0.399. The van der Waals surface area contributed by atoms with Crippen molar-refractivity contribution in [2.75, 3.05) is 12.4 Å². The maximum absolute atomic E-state index is 5.52. The minimum absolute atomic E-state index is 0.399. The van der Waals surface area contributed by atoms with Crippen LogP contribution in [0.4, 0.5) is 0 Å².